The van der Waals surface area contributed by atoms with Crippen molar-refractivity contribution >= 4 is 34.6 Å². The van der Waals surface area contributed by atoms with Crippen molar-refractivity contribution in [3.8, 4) is 0 Å². The molecule has 0 unspecified atom stereocenters. The maximum absolute atomic E-state index is 12.0. The number of rotatable bonds is 7. The molecule has 12 heteroatoms. The summed E-state index contributed by atoms with van der Waals surface area (Å²) in [4.78, 5) is 38.3. The van der Waals surface area contributed by atoms with Crippen molar-refractivity contribution < 1.29 is 24.0 Å². The van der Waals surface area contributed by atoms with Gasteiger partial charge in [-0.2, -0.15) is 0 Å². The number of nitrogens with two attached hydrogens (primary N) is 1. The Bertz CT molecular complexity index is 1120. The Morgan fingerprint density at radius 3 is 1.76 bits per heavy atom. The molecular formula is C26H36N6O6. The highest BCUT2D eigenvalue weighted by Crippen LogP contribution is 2.25. The van der Waals surface area contributed by atoms with Crippen LogP contribution in [0.25, 0.3) is 0 Å². The third-order valence-electron chi connectivity index (χ3n) is 6.37. The molecule has 0 aromatic heterocycles. The number of morpholine rings is 2. The average molecular weight is 529 g/mol. The van der Waals surface area contributed by atoms with Crippen molar-refractivity contribution in [3.63, 3.8) is 0 Å². The minimum absolute atomic E-state index is 0.00849. The Morgan fingerprint density at radius 2 is 1.29 bits per heavy atom. The van der Waals surface area contributed by atoms with Crippen LogP contribution in [0.3, 0.4) is 0 Å². The Labute approximate surface area is 222 Å². The lowest BCUT2D eigenvalue weighted by atomic mass is 10.1. The van der Waals surface area contributed by atoms with Gasteiger partial charge in [-0.25, -0.2) is 0 Å². The van der Waals surface area contributed by atoms with E-state index >= 15 is 0 Å². The number of nitrogens with zero attached hydrogens (tertiary/aromatic N) is 3. The molecule has 38 heavy (non-hydrogen) atoms. The second-order valence-electron chi connectivity index (χ2n) is 9.10. The van der Waals surface area contributed by atoms with Gasteiger partial charge in [-0.15, -0.1) is 0 Å². The molecule has 2 aliphatic rings. The number of amides is 2. The smallest absolute Gasteiger partial charge is 0.274 e. The quantitative estimate of drug-likeness (QED) is 0.278. The van der Waals surface area contributed by atoms with Crippen LogP contribution in [0, 0.1) is 24.0 Å². The summed E-state index contributed by atoms with van der Waals surface area (Å²) in [5, 5.41) is 16.5. The summed E-state index contributed by atoms with van der Waals surface area (Å²) in [7, 11) is 0. The summed E-state index contributed by atoms with van der Waals surface area (Å²) in [6.07, 6.45) is 0. The van der Waals surface area contributed by atoms with Gasteiger partial charge in [0.2, 0.25) is 11.8 Å². The molecule has 0 spiro atoms. The summed E-state index contributed by atoms with van der Waals surface area (Å²) in [5.41, 5.74) is 9.15. The first-order chi connectivity index (χ1) is 18.2. The monoisotopic (exact) mass is 528 g/mol. The number of benzene rings is 2. The first kappa shape index (κ1) is 29.0. The minimum atomic E-state index is -0.451. The summed E-state index contributed by atoms with van der Waals surface area (Å²) in [6.45, 7) is 9.92. The van der Waals surface area contributed by atoms with Crippen LogP contribution in [-0.2, 0) is 19.1 Å². The first-order valence-electron chi connectivity index (χ1n) is 12.5. The van der Waals surface area contributed by atoms with Gasteiger partial charge in [0, 0.05) is 43.6 Å². The molecule has 12 nitrogen and oxygen atoms in total. The van der Waals surface area contributed by atoms with Gasteiger partial charge in [-0.1, -0.05) is 12.1 Å². The highest BCUT2D eigenvalue weighted by Gasteiger charge is 2.18. The van der Waals surface area contributed by atoms with E-state index in [9.17, 15) is 19.7 Å². The highest BCUT2D eigenvalue weighted by molar-refractivity contribution is 5.94. The second-order valence-corrected chi connectivity index (χ2v) is 9.10. The van der Waals surface area contributed by atoms with Crippen LogP contribution in [0.2, 0.25) is 0 Å². The number of hydrogen-bond donors (Lipinski definition) is 3. The number of anilines is 3. The van der Waals surface area contributed by atoms with Gasteiger partial charge in [-0.05, 0) is 37.6 Å². The van der Waals surface area contributed by atoms with Crippen molar-refractivity contribution in [3.05, 3.63) is 57.6 Å². The number of nitrogen functional groups attached to an aromatic ring is 1. The number of carbonyl (C=O) groups is 2. The highest BCUT2D eigenvalue weighted by atomic mass is 16.6. The van der Waals surface area contributed by atoms with Crippen LogP contribution in [0.15, 0.2) is 36.4 Å². The van der Waals surface area contributed by atoms with Crippen molar-refractivity contribution in [2.75, 3.05) is 82.1 Å². The second kappa shape index (κ2) is 14.4. The van der Waals surface area contributed by atoms with Crippen LogP contribution >= 0.6 is 0 Å². The maximum atomic E-state index is 12.0. The number of nitro benzene ring substituents is 1. The van der Waals surface area contributed by atoms with Gasteiger partial charge in [0.25, 0.3) is 5.69 Å². The SMILES string of the molecule is Cc1c(N)cccc1NC(=O)CN1CCOCC1.Cc1c(NC(=O)CN2CCOCC2)cccc1[N+](=O)[O-]. The summed E-state index contributed by atoms with van der Waals surface area (Å²) < 4.78 is 10.5. The number of hydrogen-bond acceptors (Lipinski definition) is 9. The van der Waals surface area contributed by atoms with Gasteiger partial charge < -0.3 is 25.8 Å². The molecule has 0 bridgehead atoms. The van der Waals surface area contributed by atoms with E-state index in [4.69, 9.17) is 15.2 Å². The lowest BCUT2D eigenvalue weighted by molar-refractivity contribution is -0.385. The minimum Gasteiger partial charge on any atom is -0.398 e. The molecule has 4 N–H and O–H groups in total. The molecule has 0 saturated carbocycles. The van der Waals surface area contributed by atoms with E-state index in [1.54, 1.807) is 19.1 Å². The van der Waals surface area contributed by atoms with Gasteiger partial charge in [0.1, 0.15) is 0 Å². The lowest BCUT2D eigenvalue weighted by Gasteiger charge is -2.25. The average Bonchev–Trinajstić information content (AvgIpc) is 2.89. The molecule has 206 valence electrons. The number of ether oxygens (including phenoxy) is 2. The zero-order valence-corrected chi connectivity index (χ0v) is 21.9. The van der Waals surface area contributed by atoms with E-state index < -0.39 is 4.92 Å². The largest absolute Gasteiger partial charge is 0.398 e. The Kier molecular flexibility index (Phi) is 11.0. The summed E-state index contributed by atoms with van der Waals surface area (Å²) in [6, 6.07) is 10.2. The van der Waals surface area contributed by atoms with Crippen LogP contribution in [-0.4, -0.2) is 92.2 Å². The Hall–Kier alpha value is -3.58. The summed E-state index contributed by atoms with van der Waals surface area (Å²) >= 11 is 0. The first-order valence-corrected chi connectivity index (χ1v) is 12.5. The number of nitrogens with one attached hydrogen (secondary N) is 2. The molecule has 2 aromatic rings. The molecular weight excluding hydrogens is 492 g/mol. The van der Waals surface area contributed by atoms with Gasteiger partial charge in [0.05, 0.1) is 55.7 Å². The number of nitro groups is 1. The van der Waals surface area contributed by atoms with Crippen LogP contribution in [0.5, 0.6) is 0 Å². The summed E-state index contributed by atoms with van der Waals surface area (Å²) in [5.74, 6) is -0.180. The zero-order valence-electron chi connectivity index (χ0n) is 21.9. The standard InChI is InChI=1S/C13H17N3O4.C13H19N3O2/c1-10-11(3-2-4-12(10)16(18)19)14-13(17)9-15-5-7-20-8-6-15;1-10-11(14)3-2-4-12(10)15-13(17)9-16-5-7-18-8-6-16/h2-4H,5-9H2,1H3,(H,14,17);2-4H,5-9,14H2,1H3,(H,15,17). The zero-order chi connectivity index (χ0) is 27.5. The van der Waals surface area contributed by atoms with Crippen LogP contribution in [0.1, 0.15) is 11.1 Å². The molecule has 4 rings (SSSR count). The number of carbonyl (C=O) groups excluding carboxylic acids is 2. The van der Waals surface area contributed by atoms with Crippen molar-refractivity contribution in [1.29, 1.82) is 0 Å². The van der Waals surface area contributed by atoms with Crippen molar-refractivity contribution in [2.45, 2.75) is 13.8 Å². The molecule has 2 amide bonds. The molecule has 0 atom stereocenters. The lowest BCUT2D eigenvalue weighted by Crippen LogP contribution is -2.41. The molecule has 0 radical (unpaired) electrons. The third kappa shape index (κ3) is 8.77. The fraction of sp³-hybridized carbons (Fsp3) is 0.462. The fourth-order valence-electron chi connectivity index (χ4n) is 4.05. The van der Waals surface area contributed by atoms with E-state index in [0.29, 0.717) is 49.9 Å². The normalized spacial score (nSPS) is 16.2. The molecule has 0 aliphatic carbocycles. The predicted molar refractivity (Wildman–Crippen MR) is 145 cm³/mol. The maximum Gasteiger partial charge on any atom is 0.274 e. The van der Waals surface area contributed by atoms with Crippen LogP contribution < -0.4 is 16.4 Å². The van der Waals surface area contributed by atoms with Crippen LogP contribution in [0.4, 0.5) is 22.7 Å². The van der Waals surface area contributed by atoms with E-state index in [2.05, 4.69) is 15.5 Å². The molecule has 2 saturated heterocycles. The topological polar surface area (TPSA) is 152 Å². The molecule has 2 aliphatic heterocycles. The van der Waals surface area contributed by atoms with Crippen molar-refractivity contribution in [1.82, 2.24) is 9.80 Å². The van der Waals surface area contributed by atoms with E-state index in [1.165, 1.54) is 6.07 Å². The van der Waals surface area contributed by atoms with E-state index in [-0.39, 0.29) is 24.0 Å². The van der Waals surface area contributed by atoms with Gasteiger partial charge in [-0.3, -0.25) is 29.5 Å². The van der Waals surface area contributed by atoms with Crippen molar-refractivity contribution in [2.24, 2.45) is 0 Å². The predicted octanol–water partition coefficient (Wildman–Crippen LogP) is 2.02. The van der Waals surface area contributed by atoms with Gasteiger partial charge >= 0.3 is 0 Å². The molecule has 2 heterocycles. The van der Waals surface area contributed by atoms with E-state index in [1.807, 2.05) is 30.0 Å². The fourth-order valence-corrected chi connectivity index (χ4v) is 4.05. The van der Waals surface area contributed by atoms with E-state index in [0.717, 1.165) is 37.4 Å². The Morgan fingerprint density at radius 1 is 0.842 bits per heavy atom. The molecule has 2 fully saturated rings. The van der Waals surface area contributed by atoms with Gasteiger partial charge in [0.15, 0.2) is 0 Å². The molecule has 2 aromatic carbocycles. The third-order valence-corrected chi connectivity index (χ3v) is 6.37. The Balaban J connectivity index is 0.000000212.